The molecule has 7 nitrogen and oxygen atoms in total. The summed E-state index contributed by atoms with van der Waals surface area (Å²) in [5, 5.41) is 3.39. The second-order valence-electron chi connectivity index (χ2n) is 10.2. The predicted octanol–water partition coefficient (Wildman–Crippen LogP) is 6.01. The zero-order valence-corrected chi connectivity index (χ0v) is 25.9. The molecule has 0 bridgehead atoms. The number of halogens is 1. The molecule has 0 radical (unpaired) electrons. The van der Waals surface area contributed by atoms with Gasteiger partial charge in [0.05, 0.1) is 10.6 Å². The fourth-order valence-electron chi connectivity index (χ4n) is 4.75. The van der Waals surface area contributed by atoms with Crippen LogP contribution in [0.1, 0.15) is 30.0 Å². The van der Waals surface area contributed by atoms with Gasteiger partial charge in [-0.05, 0) is 66.4 Å². The summed E-state index contributed by atoms with van der Waals surface area (Å²) in [6.07, 6.45) is 0.996. The van der Waals surface area contributed by atoms with Crippen LogP contribution in [0, 0.1) is 6.92 Å². The van der Waals surface area contributed by atoms with Crippen LogP contribution in [0.25, 0.3) is 0 Å². The molecule has 2 amide bonds. The predicted molar refractivity (Wildman–Crippen MR) is 171 cm³/mol. The first kappa shape index (κ1) is 31.8. The minimum absolute atomic E-state index is 0.0460. The topological polar surface area (TPSA) is 86.8 Å². The van der Waals surface area contributed by atoms with Crippen LogP contribution in [0.2, 0.25) is 5.02 Å². The van der Waals surface area contributed by atoms with Crippen LogP contribution in [0.15, 0.2) is 114 Å². The van der Waals surface area contributed by atoms with Gasteiger partial charge in [0, 0.05) is 24.5 Å². The largest absolute Gasteiger partial charge is 0.354 e. The zero-order valence-electron chi connectivity index (χ0n) is 24.3. The SMILES string of the molecule is CCCNC(=O)[C@@H](Cc1ccccc1)N(Cc1ccccc1C)C(=O)CN(c1ccc(Cl)cc1)S(=O)(=O)c1ccccc1. The second kappa shape index (κ2) is 14.8. The molecule has 4 rings (SSSR count). The monoisotopic (exact) mass is 617 g/mol. The number of aryl methyl sites for hydroxylation is 1. The Kier molecular flexibility index (Phi) is 11.0. The maximum absolute atomic E-state index is 14.4. The molecule has 4 aromatic carbocycles. The van der Waals surface area contributed by atoms with Gasteiger partial charge in [0.1, 0.15) is 12.6 Å². The number of rotatable bonds is 13. The highest BCUT2D eigenvalue weighted by atomic mass is 35.5. The van der Waals surface area contributed by atoms with Gasteiger partial charge in [-0.1, -0.05) is 91.3 Å². The quantitative estimate of drug-likeness (QED) is 0.199. The molecule has 1 atom stereocenters. The van der Waals surface area contributed by atoms with E-state index in [-0.39, 0.29) is 29.5 Å². The van der Waals surface area contributed by atoms with Crippen molar-refractivity contribution in [1.82, 2.24) is 10.2 Å². The van der Waals surface area contributed by atoms with Crippen molar-refractivity contribution in [3.8, 4) is 0 Å². The van der Waals surface area contributed by atoms with Crippen LogP contribution < -0.4 is 9.62 Å². The number of benzene rings is 4. The number of sulfonamides is 1. The molecule has 0 heterocycles. The fraction of sp³-hybridized carbons (Fsp3) is 0.235. The van der Waals surface area contributed by atoms with Crippen molar-refractivity contribution in [3.63, 3.8) is 0 Å². The number of amides is 2. The van der Waals surface area contributed by atoms with E-state index in [1.165, 1.54) is 17.0 Å². The Hall–Kier alpha value is -4.14. The Bertz CT molecular complexity index is 1610. The molecule has 0 aliphatic heterocycles. The molecule has 0 unspecified atom stereocenters. The average molecular weight is 618 g/mol. The highest BCUT2D eigenvalue weighted by Gasteiger charge is 2.34. The first-order valence-corrected chi connectivity index (χ1v) is 16.0. The maximum atomic E-state index is 14.4. The number of hydrogen-bond donors (Lipinski definition) is 1. The summed E-state index contributed by atoms with van der Waals surface area (Å²) in [4.78, 5) is 29.6. The summed E-state index contributed by atoms with van der Waals surface area (Å²) in [7, 11) is -4.15. The van der Waals surface area contributed by atoms with E-state index in [4.69, 9.17) is 11.6 Å². The van der Waals surface area contributed by atoms with Crippen LogP contribution in [0.4, 0.5) is 5.69 Å². The Balaban J connectivity index is 1.79. The summed E-state index contributed by atoms with van der Waals surface area (Å²) in [5.41, 5.74) is 2.99. The normalized spacial score (nSPS) is 11.9. The first-order chi connectivity index (χ1) is 20.7. The van der Waals surface area contributed by atoms with E-state index in [2.05, 4.69) is 5.32 Å². The third-order valence-corrected chi connectivity index (χ3v) is 9.19. The molecule has 4 aromatic rings. The summed E-state index contributed by atoms with van der Waals surface area (Å²) >= 11 is 6.12. The molecule has 0 aliphatic carbocycles. The molecule has 0 saturated heterocycles. The third-order valence-electron chi connectivity index (χ3n) is 7.15. The molecular weight excluding hydrogens is 582 g/mol. The van der Waals surface area contributed by atoms with Gasteiger partial charge in [-0.25, -0.2) is 8.42 Å². The lowest BCUT2D eigenvalue weighted by atomic mass is 10.0. The van der Waals surface area contributed by atoms with Crippen LogP contribution in [0.5, 0.6) is 0 Å². The minimum Gasteiger partial charge on any atom is -0.354 e. The smallest absolute Gasteiger partial charge is 0.264 e. The van der Waals surface area contributed by atoms with E-state index in [0.717, 1.165) is 27.4 Å². The van der Waals surface area contributed by atoms with Crippen molar-refractivity contribution in [2.45, 2.75) is 44.2 Å². The Morgan fingerprint density at radius 2 is 1.44 bits per heavy atom. The third kappa shape index (κ3) is 8.24. The summed E-state index contributed by atoms with van der Waals surface area (Å²) in [5.74, 6) is -0.804. The first-order valence-electron chi connectivity index (χ1n) is 14.2. The van der Waals surface area contributed by atoms with Gasteiger partial charge in [0.2, 0.25) is 11.8 Å². The number of nitrogens with one attached hydrogen (secondary N) is 1. The van der Waals surface area contributed by atoms with Gasteiger partial charge >= 0.3 is 0 Å². The zero-order chi connectivity index (χ0) is 30.8. The Morgan fingerprint density at radius 1 is 0.837 bits per heavy atom. The summed E-state index contributed by atoms with van der Waals surface area (Å²) in [6, 6.07) is 30.5. The van der Waals surface area contributed by atoms with Crippen LogP contribution in [-0.4, -0.2) is 44.3 Å². The molecule has 0 spiro atoms. The summed E-state index contributed by atoms with van der Waals surface area (Å²) in [6.45, 7) is 3.97. The molecule has 224 valence electrons. The van der Waals surface area contributed by atoms with Crippen molar-refractivity contribution in [2.75, 3.05) is 17.4 Å². The molecule has 43 heavy (non-hydrogen) atoms. The number of nitrogens with zero attached hydrogens (tertiary/aromatic N) is 2. The lowest BCUT2D eigenvalue weighted by Gasteiger charge is -2.34. The fourth-order valence-corrected chi connectivity index (χ4v) is 6.31. The molecule has 0 fully saturated rings. The Morgan fingerprint density at radius 3 is 2.07 bits per heavy atom. The van der Waals surface area contributed by atoms with E-state index in [9.17, 15) is 18.0 Å². The van der Waals surface area contributed by atoms with Crippen molar-refractivity contribution < 1.29 is 18.0 Å². The van der Waals surface area contributed by atoms with Crippen LogP contribution >= 0.6 is 11.6 Å². The van der Waals surface area contributed by atoms with Gasteiger partial charge < -0.3 is 10.2 Å². The van der Waals surface area contributed by atoms with Gasteiger partial charge in [0.25, 0.3) is 10.0 Å². The van der Waals surface area contributed by atoms with E-state index in [1.807, 2.05) is 68.4 Å². The second-order valence-corrected chi connectivity index (χ2v) is 12.5. The maximum Gasteiger partial charge on any atom is 0.264 e. The number of hydrogen-bond acceptors (Lipinski definition) is 4. The highest BCUT2D eigenvalue weighted by Crippen LogP contribution is 2.26. The minimum atomic E-state index is -4.15. The van der Waals surface area contributed by atoms with Gasteiger partial charge in [-0.2, -0.15) is 0 Å². The molecule has 0 aromatic heterocycles. The standard InChI is InChI=1S/C34H36ClN3O4S/c1-3-22-36-34(40)32(23-27-13-6-4-7-14-27)37(24-28-15-11-10-12-26(28)2)33(39)25-38(30-20-18-29(35)19-21-30)43(41,42)31-16-8-5-9-17-31/h4-21,32H,3,22-25H2,1-2H3,(H,36,40)/t32-/m1/s1. The molecule has 0 aliphatic rings. The number of carbonyl (C=O) groups excluding carboxylic acids is 2. The van der Waals surface area contributed by atoms with Crippen molar-refractivity contribution in [1.29, 1.82) is 0 Å². The number of carbonyl (C=O) groups is 2. The van der Waals surface area contributed by atoms with E-state index in [0.29, 0.717) is 11.6 Å². The van der Waals surface area contributed by atoms with Crippen LogP contribution in [-0.2, 0) is 32.6 Å². The summed E-state index contributed by atoms with van der Waals surface area (Å²) < 4.78 is 29.0. The number of anilines is 1. The van der Waals surface area contributed by atoms with Crippen molar-refractivity contribution >= 4 is 39.1 Å². The molecule has 0 saturated carbocycles. The lowest BCUT2D eigenvalue weighted by Crippen LogP contribution is -2.53. The van der Waals surface area contributed by atoms with E-state index >= 15 is 0 Å². The van der Waals surface area contributed by atoms with Gasteiger partial charge in [0.15, 0.2) is 0 Å². The van der Waals surface area contributed by atoms with Crippen molar-refractivity contribution in [2.24, 2.45) is 0 Å². The van der Waals surface area contributed by atoms with Crippen LogP contribution in [0.3, 0.4) is 0 Å². The highest BCUT2D eigenvalue weighted by molar-refractivity contribution is 7.92. The van der Waals surface area contributed by atoms with Gasteiger partial charge in [-0.3, -0.25) is 13.9 Å². The molecule has 1 N–H and O–H groups in total. The average Bonchev–Trinajstić information content (AvgIpc) is 3.02. The molecule has 9 heteroatoms. The lowest BCUT2D eigenvalue weighted by molar-refractivity contribution is -0.140. The van der Waals surface area contributed by atoms with Gasteiger partial charge in [-0.15, -0.1) is 0 Å². The Labute approximate surface area is 259 Å². The van der Waals surface area contributed by atoms with E-state index in [1.54, 1.807) is 42.5 Å². The van der Waals surface area contributed by atoms with E-state index < -0.39 is 28.5 Å². The van der Waals surface area contributed by atoms with Crippen molar-refractivity contribution in [3.05, 3.63) is 131 Å². The molecular formula is C34H36ClN3O4S.